The minimum atomic E-state index is -4.35. The van der Waals surface area contributed by atoms with Crippen molar-refractivity contribution in [2.75, 3.05) is 13.1 Å². The van der Waals surface area contributed by atoms with Crippen LogP contribution in [0.15, 0.2) is 72.8 Å². The highest BCUT2D eigenvalue weighted by atomic mass is 19.4. The maximum atomic E-state index is 13.5. The molecule has 0 spiro atoms. The number of halogens is 3. The minimum Gasteiger partial charge on any atom is -0.335 e. The van der Waals surface area contributed by atoms with E-state index in [2.05, 4.69) is 23.5 Å². The molecule has 6 heteroatoms. The molecule has 1 fully saturated rings. The van der Waals surface area contributed by atoms with E-state index in [9.17, 15) is 18.0 Å². The Morgan fingerprint density at radius 1 is 0.972 bits per heavy atom. The normalized spacial score (nSPS) is 18.3. The Balaban J connectivity index is 1.45. The molecule has 36 heavy (non-hydrogen) atoms. The Morgan fingerprint density at radius 3 is 2.33 bits per heavy atom. The molecule has 0 saturated carbocycles. The van der Waals surface area contributed by atoms with Crippen LogP contribution in [0.3, 0.4) is 0 Å². The van der Waals surface area contributed by atoms with Gasteiger partial charge in [-0.05, 0) is 75.4 Å². The van der Waals surface area contributed by atoms with Crippen LogP contribution in [0.5, 0.6) is 0 Å². The van der Waals surface area contributed by atoms with Crippen LogP contribution in [0.1, 0.15) is 51.0 Å². The van der Waals surface area contributed by atoms with Gasteiger partial charge in [0.1, 0.15) is 0 Å². The Kier molecular flexibility index (Phi) is 8.14. The van der Waals surface area contributed by atoms with Gasteiger partial charge in [-0.1, -0.05) is 65.7 Å². The zero-order valence-corrected chi connectivity index (χ0v) is 20.8. The molecule has 190 valence electrons. The van der Waals surface area contributed by atoms with Gasteiger partial charge in [-0.3, -0.25) is 4.79 Å². The zero-order chi connectivity index (χ0) is 25.7. The van der Waals surface area contributed by atoms with Crippen LogP contribution >= 0.6 is 0 Å². The summed E-state index contributed by atoms with van der Waals surface area (Å²) in [6.45, 7) is 5.07. The fraction of sp³-hybridized carbons (Fsp3) is 0.367. The lowest BCUT2D eigenvalue weighted by atomic mass is 9.91. The number of carbonyl (C=O) groups excluding carboxylic acids is 1. The van der Waals surface area contributed by atoms with Crippen LogP contribution in [-0.2, 0) is 19.0 Å². The molecular weight excluding hydrogens is 461 g/mol. The standard InChI is InChI=1S/C30H33F3N2O/c1-21-16-22(2)18-25(17-21)29(36)35-15-13-26(20-27(35)19-23-8-4-3-5-9-23)34-14-12-24-10-6-7-11-28(24)30(31,32)33/h3-11,16-18,26-27,34H,12-15,19-20H2,1-2H3/t26-,27+/m0/s1. The van der Waals surface area contributed by atoms with Gasteiger partial charge in [0.25, 0.3) is 5.91 Å². The van der Waals surface area contributed by atoms with Crippen molar-refractivity contribution in [1.82, 2.24) is 10.2 Å². The first-order chi connectivity index (χ1) is 17.2. The van der Waals surface area contributed by atoms with Gasteiger partial charge in [-0.15, -0.1) is 0 Å². The second-order valence-electron chi connectivity index (χ2n) is 9.80. The largest absolute Gasteiger partial charge is 0.416 e. The van der Waals surface area contributed by atoms with Gasteiger partial charge >= 0.3 is 6.18 Å². The maximum Gasteiger partial charge on any atom is 0.416 e. The van der Waals surface area contributed by atoms with Gasteiger partial charge in [0.15, 0.2) is 0 Å². The van der Waals surface area contributed by atoms with E-state index in [0.29, 0.717) is 30.6 Å². The van der Waals surface area contributed by atoms with Crippen molar-refractivity contribution in [2.24, 2.45) is 0 Å². The first-order valence-corrected chi connectivity index (χ1v) is 12.5. The maximum absolute atomic E-state index is 13.5. The fourth-order valence-electron chi connectivity index (χ4n) is 5.27. The Hall–Kier alpha value is -3.12. The molecule has 1 saturated heterocycles. The first kappa shape index (κ1) is 26.0. The third-order valence-corrected chi connectivity index (χ3v) is 6.91. The van der Waals surface area contributed by atoms with Crippen LogP contribution in [0.25, 0.3) is 0 Å². The van der Waals surface area contributed by atoms with Crippen molar-refractivity contribution >= 4 is 5.91 Å². The predicted octanol–water partition coefficient (Wildman–Crippen LogP) is 6.37. The third-order valence-electron chi connectivity index (χ3n) is 6.91. The highest BCUT2D eigenvalue weighted by molar-refractivity contribution is 5.95. The number of amides is 1. The van der Waals surface area contributed by atoms with Gasteiger partial charge in [0, 0.05) is 24.2 Å². The van der Waals surface area contributed by atoms with Crippen molar-refractivity contribution < 1.29 is 18.0 Å². The predicted molar refractivity (Wildman–Crippen MR) is 137 cm³/mol. The topological polar surface area (TPSA) is 32.3 Å². The minimum absolute atomic E-state index is 0.00873. The Morgan fingerprint density at radius 2 is 1.64 bits per heavy atom. The quantitative estimate of drug-likeness (QED) is 0.414. The highest BCUT2D eigenvalue weighted by Crippen LogP contribution is 2.32. The number of benzene rings is 3. The van der Waals surface area contributed by atoms with Crippen LogP contribution < -0.4 is 5.32 Å². The van der Waals surface area contributed by atoms with E-state index in [4.69, 9.17) is 0 Å². The number of nitrogens with zero attached hydrogens (tertiary/aromatic N) is 1. The lowest BCUT2D eigenvalue weighted by Crippen LogP contribution is -2.52. The summed E-state index contributed by atoms with van der Waals surface area (Å²) in [5.41, 5.74) is 3.74. The van der Waals surface area contributed by atoms with Crippen molar-refractivity contribution in [3.8, 4) is 0 Å². The molecule has 0 aliphatic carbocycles. The zero-order valence-electron chi connectivity index (χ0n) is 20.8. The molecule has 4 rings (SSSR count). The van der Waals surface area contributed by atoms with Crippen molar-refractivity contribution in [1.29, 1.82) is 0 Å². The molecule has 1 aliphatic heterocycles. The van der Waals surface area contributed by atoms with E-state index in [0.717, 1.165) is 36.5 Å². The van der Waals surface area contributed by atoms with Crippen LogP contribution in [0.4, 0.5) is 13.2 Å². The first-order valence-electron chi connectivity index (χ1n) is 12.5. The summed E-state index contributed by atoms with van der Waals surface area (Å²) in [4.78, 5) is 15.5. The van der Waals surface area contributed by atoms with Crippen LogP contribution in [0.2, 0.25) is 0 Å². The Labute approximate surface area is 211 Å². The molecule has 0 radical (unpaired) electrons. The van der Waals surface area contributed by atoms with Gasteiger partial charge in [-0.2, -0.15) is 13.2 Å². The lowest BCUT2D eigenvalue weighted by Gasteiger charge is -2.40. The van der Waals surface area contributed by atoms with E-state index in [-0.39, 0.29) is 18.0 Å². The van der Waals surface area contributed by atoms with E-state index < -0.39 is 11.7 Å². The molecule has 1 amide bonds. The SMILES string of the molecule is Cc1cc(C)cc(C(=O)N2CC[C@H](NCCc3ccccc3C(F)(F)F)C[C@H]2Cc2ccccc2)c1. The van der Waals surface area contributed by atoms with Crippen LogP contribution in [0, 0.1) is 13.8 Å². The number of nitrogens with one attached hydrogen (secondary N) is 1. The van der Waals surface area contributed by atoms with E-state index in [1.54, 1.807) is 12.1 Å². The second-order valence-corrected chi connectivity index (χ2v) is 9.80. The molecule has 0 aromatic heterocycles. The number of hydrogen-bond acceptors (Lipinski definition) is 2. The summed E-state index contributed by atoms with van der Waals surface area (Å²) >= 11 is 0. The molecule has 0 unspecified atom stereocenters. The van der Waals surface area contributed by atoms with E-state index in [1.807, 2.05) is 49.1 Å². The van der Waals surface area contributed by atoms with Gasteiger partial charge in [-0.25, -0.2) is 0 Å². The molecule has 3 nitrogen and oxygen atoms in total. The summed E-state index contributed by atoms with van der Waals surface area (Å²) in [5.74, 6) is 0.0419. The number of likely N-dealkylation sites (tertiary alicyclic amines) is 1. The van der Waals surface area contributed by atoms with E-state index in [1.165, 1.54) is 11.6 Å². The number of rotatable bonds is 7. The van der Waals surface area contributed by atoms with Gasteiger partial charge < -0.3 is 10.2 Å². The summed E-state index contributed by atoms with van der Waals surface area (Å²) < 4.78 is 40.0. The molecule has 1 heterocycles. The van der Waals surface area contributed by atoms with Gasteiger partial charge in [0.05, 0.1) is 5.56 Å². The van der Waals surface area contributed by atoms with Gasteiger partial charge in [0.2, 0.25) is 0 Å². The summed E-state index contributed by atoms with van der Waals surface area (Å²) in [6, 6.07) is 22.0. The molecule has 3 aromatic rings. The number of carbonyl (C=O) groups is 1. The fourth-order valence-corrected chi connectivity index (χ4v) is 5.27. The summed E-state index contributed by atoms with van der Waals surface area (Å²) in [6.07, 6.45) is -1.78. The van der Waals surface area contributed by atoms with E-state index >= 15 is 0 Å². The number of piperidine rings is 1. The average Bonchev–Trinajstić information content (AvgIpc) is 2.83. The Bertz CT molecular complexity index is 1160. The molecule has 1 N–H and O–H groups in total. The number of alkyl halides is 3. The lowest BCUT2D eigenvalue weighted by molar-refractivity contribution is -0.138. The summed E-state index contributed by atoms with van der Waals surface area (Å²) in [5, 5.41) is 3.48. The van der Waals surface area contributed by atoms with Crippen molar-refractivity contribution in [3.05, 3.63) is 106 Å². The van der Waals surface area contributed by atoms with Crippen LogP contribution in [-0.4, -0.2) is 36.0 Å². The third kappa shape index (κ3) is 6.55. The summed E-state index contributed by atoms with van der Waals surface area (Å²) in [7, 11) is 0. The molecule has 0 bridgehead atoms. The molecule has 1 aliphatic rings. The second kappa shape index (κ2) is 11.3. The monoisotopic (exact) mass is 494 g/mol. The van der Waals surface area contributed by atoms with Crippen molar-refractivity contribution in [2.45, 2.75) is 57.8 Å². The van der Waals surface area contributed by atoms with Crippen molar-refractivity contribution in [3.63, 3.8) is 0 Å². The number of hydrogen-bond donors (Lipinski definition) is 1. The number of aryl methyl sites for hydroxylation is 2. The smallest absolute Gasteiger partial charge is 0.335 e. The highest BCUT2D eigenvalue weighted by Gasteiger charge is 2.34. The average molecular weight is 495 g/mol. The molecule has 3 aromatic carbocycles. The molecular formula is C30H33F3N2O. The molecule has 2 atom stereocenters.